The zero-order chi connectivity index (χ0) is 109. The molecule has 6 aromatic carbocycles. The summed E-state index contributed by atoms with van der Waals surface area (Å²) in [6.07, 6.45) is 22.7. The molecule has 0 radical (unpaired) electrons. The second-order valence-corrected chi connectivity index (χ2v) is 34.7. The number of aliphatic carboxylic acids is 1. The van der Waals surface area contributed by atoms with E-state index in [1.807, 2.05) is 66.8 Å². The quantitative estimate of drug-likeness (QED) is 0.00762. The van der Waals surface area contributed by atoms with Gasteiger partial charge in [-0.25, -0.2) is 31.9 Å². The van der Waals surface area contributed by atoms with Crippen molar-refractivity contribution >= 4 is 131 Å². The van der Waals surface area contributed by atoms with Gasteiger partial charge in [0.05, 0.1) is 72.9 Å². The van der Waals surface area contributed by atoms with Crippen LogP contribution in [0.2, 0.25) is 0 Å². The van der Waals surface area contributed by atoms with Gasteiger partial charge in [0.1, 0.15) is 18.1 Å². The van der Waals surface area contributed by atoms with Gasteiger partial charge in [0, 0.05) is 171 Å². The largest absolute Gasteiger partial charge is 0.480 e. The van der Waals surface area contributed by atoms with Crippen LogP contribution in [0.4, 0.5) is 0 Å². The van der Waals surface area contributed by atoms with Crippen molar-refractivity contribution in [3.05, 3.63) is 231 Å². The number of hydrogen-bond acceptors (Lipinski definition) is 25. The number of carboxylic acids is 1. The van der Waals surface area contributed by atoms with Crippen molar-refractivity contribution in [1.82, 2.24) is 50.9 Å². The van der Waals surface area contributed by atoms with E-state index in [1.165, 1.54) is 60.9 Å². The summed E-state index contributed by atoms with van der Waals surface area (Å²) in [5.74, 6) is 12.4. The van der Waals surface area contributed by atoms with E-state index in [0.717, 1.165) is 72.8 Å². The standard InChI is InChI=1S/C19H26N2O4.C19H24N2O4.C18H24N2O5S.C18H24N2O5.C17H20N2O3.C17H18N2O3.H2S/c2*1-21(2)17(22)11-6-4-5-8-15-9-7-10-16(14-15)19(24)20-13-12-18(23)25-3;1-14(18(22)25-4)19-17(21)16-11-8-10-15(13-16)9-6-5-7-12-26(23,24)20(2)3;1-20(2)16(22)10-5-3-4-7-13-8-6-9-14(11-13)17(23)19-15(12-21)18(24)25;2*1-13(17(21)22-2)19-16(20)15-10-7-9-14(12-15)8-5-3-4-6-11-18;/h5,7-10,14H,4,6,11-13H2,1-3H3,(H,20,24);7,9-10,14H,4,6,11-13H2,1-3H3,(H,20,24);8,10-11,13-14H,5,7,12H2,1-4H3,(H,19,21);4,6-9,11,15,21H,3,5,10,12H2,1-2H3,(H,19,23)(H,24,25);5,7-10,12-13H,3-4,6H2,1-2H3,(H,19,20);7,9-10,12-13H,3-4,6H2,1-2H3,(H,19,20);1H2/b8-5-;;;7-4-;8-5-;;/t;;14-;15-;2*13-;/m..1011./s1. The number of esters is 5. The van der Waals surface area contributed by atoms with Crippen molar-refractivity contribution in [2.75, 3.05) is 117 Å². The number of unbranched alkanes of at least 4 members (excludes halogenated alkanes) is 8. The summed E-state index contributed by atoms with van der Waals surface area (Å²) >= 11 is 0. The lowest BCUT2D eigenvalue weighted by atomic mass is 10.1. The summed E-state index contributed by atoms with van der Waals surface area (Å²) in [6, 6.07) is 42.2. The molecule has 0 saturated heterocycles. The third-order valence-corrected chi connectivity index (χ3v) is 21.8. The third-order valence-electron chi connectivity index (χ3n) is 19.8. The van der Waals surface area contributed by atoms with Crippen LogP contribution in [0.15, 0.2) is 164 Å². The Morgan fingerprint density at radius 1 is 0.377 bits per heavy atom. The van der Waals surface area contributed by atoms with Crippen LogP contribution in [0.25, 0.3) is 18.2 Å². The second-order valence-electron chi connectivity index (χ2n) is 32.4. The number of aliphatic hydroxyl groups excluding tert-OH is 1. The lowest BCUT2D eigenvalue weighted by Gasteiger charge is -2.11. The van der Waals surface area contributed by atoms with Gasteiger partial charge in [0.25, 0.3) is 35.4 Å². The molecule has 0 aromatic heterocycles. The molecule has 0 aliphatic heterocycles. The van der Waals surface area contributed by atoms with E-state index < -0.39 is 76.5 Å². The summed E-state index contributed by atoms with van der Waals surface area (Å²) < 4.78 is 47.2. The number of nitrogens with one attached hydrogen (secondary N) is 6. The van der Waals surface area contributed by atoms with E-state index in [1.54, 1.807) is 186 Å². The molecule has 4 atom stereocenters. The number of sulfonamides is 1. The van der Waals surface area contributed by atoms with Crippen molar-refractivity contribution < 1.29 is 114 Å². The normalized spacial score (nSPS) is 11.0. The van der Waals surface area contributed by atoms with Crippen LogP contribution in [0.5, 0.6) is 0 Å². The lowest BCUT2D eigenvalue weighted by molar-refractivity contribution is -0.143. The molecule has 146 heavy (non-hydrogen) atoms. The average molecular weight is 2050 g/mol. The fourth-order valence-corrected chi connectivity index (χ4v) is 12.4. The number of rotatable bonds is 44. The van der Waals surface area contributed by atoms with Crippen LogP contribution >= 0.6 is 13.5 Å². The number of methoxy groups -OCH3 is 5. The molecule has 9 amide bonds. The highest BCUT2D eigenvalue weighted by Crippen LogP contribution is 2.16. The van der Waals surface area contributed by atoms with Gasteiger partial charge >= 0.3 is 35.8 Å². The molecule has 0 spiro atoms. The van der Waals surface area contributed by atoms with Crippen LogP contribution in [0, 0.1) is 58.2 Å². The average Bonchev–Trinajstić information content (AvgIpc) is 0.953. The fraction of sp³-hybridized carbons (Fsp3) is 0.398. The van der Waals surface area contributed by atoms with Gasteiger partial charge in [-0.1, -0.05) is 127 Å². The molecule has 38 heteroatoms. The van der Waals surface area contributed by atoms with Gasteiger partial charge in [-0.2, -0.15) is 24.0 Å². The van der Waals surface area contributed by atoms with Gasteiger partial charge in [-0.15, -0.1) is 0 Å². The number of carbonyl (C=O) groups is 15. The first-order chi connectivity index (χ1) is 69.0. The Bertz CT molecular complexity index is 5770. The van der Waals surface area contributed by atoms with E-state index in [4.69, 9.17) is 20.7 Å². The van der Waals surface area contributed by atoms with Crippen LogP contribution in [-0.4, -0.2) is 268 Å². The predicted octanol–water partition coefficient (Wildman–Crippen LogP) is 10.8. The fourth-order valence-electron chi connectivity index (χ4n) is 11.5. The van der Waals surface area contributed by atoms with E-state index in [0.29, 0.717) is 103 Å². The molecule has 0 fully saturated rings. The molecule has 6 aromatic rings. The van der Waals surface area contributed by atoms with Crippen LogP contribution in [-0.2, 0) is 76.9 Å². The summed E-state index contributed by atoms with van der Waals surface area (Å²) in [5.41, 5.74) is 7.32. The molecular formula is C108H138N12O24S2. The highest BCUT2D eigenvalue weighted by molar-refractivity contribution is 7.89. The smallest absolute Gasteiger partial charge is 0.328 e. The Morgan fingerprint density at radius 3 is 0.986 bits per heavy atom. The van der Waals surface area contributed by atoms with Crippen molar-refractivity contribution in [1.29, 1.82) is 10.5 Å². The maximum atomic E-state index is 12.1. The number of ether oxygens (including phenoxy) is 5. The minimum absolute atomic E-state index is 0. The van der Waals surface area contributed by atoms with Crippen LogP contribution in [0.1, 0.15) is 238 Å². The lowest BCUT2D eigenvalue weighted by Crippen LogP contribution is -2.43. The molecule has 0 aliphatic carbocycles. The Hall–Kier alpha value is -15.5. The summed E-state index contributed by atoms with van der Waals surface area (Å²) in [5, 5.41) is 50.0. The zero-order valence-corrected chi connectivity index (χ0v) is 87.7. The van der Waals surface area contributed by atoms with Crippen molar-refractivity contribution in [2.24, 2.45) is 0 Å². The Kier molecular flexibility index (Phi) is 68.1. The van der Waals surface area contributed by atoms with Crippen molar-refractivity contribution in [2.45, 2.75) is 167 Å². The SMILES string of the molecule is CN(C)C(=O)CCC/C=C\c1cccc(C(=O)N[C@@H](CO)C(=O)O)c1.COC(=O)CCNC(=O)c1cccc(/C=C\CCCC(=O)N(C)C)c1.COC(=O)CCNC(=O)c1cccc(C#CCCCC(=O)N(C)C)c1.COC(=O)[C@@H](C)NC(=O)c1cccc(/C=C\CCCC#N)c1.COC(=O)[C@@H](C)NC(=O)c1cccc(C#CCCCC#N)c1.COC(=O)[C@@H](C)NC(=O)c1cccc(C#CCCCS(=O)(=O)N(C)C)c1.S. The Balaban J connectivity index is 0.00000173. The number of allylic oxidation sites excluding steroid dienone is 3. The number of aliphatic hydroxyl groups is 1. The molecule has 6 rings (SSSR count). The number of benzene rings is 6. The molecule has 0 saturated carbocycles. The monoisotopic (exact) mass is 2050 g/mol. The molecule has 0 heterocycles. The number of carboxylic acid groups (broad SMARTS) is 1. The van der Waals surface area contributed by atoms with Gasteiger partial charge in [-0.05, 0) is 186 Å². The van der Waals surface area contributed by atoms with Crippen LogP contribution < -0.4 is 31.9 Å². The minimum atomic E-state index is -3.21. The minimum Gasteiger partial charge on any atom is -0.480 e. The molecule has 0 aliphatic rings. The zero-order valence-electron chi connectivity index (χ0n) is 85.9. The van der Waals surface area contributed by atoms with Gasteiger partial charge in [0.2, 0.25) is 27.7 Å². The van der Waals surface area contributed by atoms with Gasteiger partial charge in [0.15, 0.2) is 6.04 Å². The second kappa shape index (κ2) is 76.2. The number of amides is 9. The van der Waals surface area contributed by atoms with E-state index in [2.05, 4.69) is 103 Å². The van der Waals surface area contributed by atoms with Crippen molar-refractivity contribution in [3.63, 3.8) is 0 Å². The maximum absolute atomic E-state index is 12.1. The van der Waals surface area contributed by atoms with Gasteiger partial charge in [-0.3, -0.25) is 52.7 Å². The Morgan fingerprint density at radius 2 is 0.671 bits per heavy atom. The third kappa shape index (κ3) is 58.1. The molecule has 36 nitrogen and oxygen atoms in total. The number of nitrogens with zero attached hydrogens (tertiary/aromatic N) is 6. The first-order valence-corrected chi connectivity index (χ1v) is 48.0. The first-order valence-electron chi connectivity index (χ1n) is 46.4. The summed E-state index contributed by atoms with van der Waals surface area (Å²) in [7, 11) is 16.6. The molecule has 0 unspecified atom stereocenters. The predicted molar refractivity (Wildman–Crippen MR) is 561 cm³/mol. The molecule has 786 valence electrons. The highest BCUT2D eigenvalue weighted by atomic mass is 32.2. The number of nitriles is 2. The van der Waals surface area contributed by atoms with E-state index in [9.17, 15) is 80.3 Å². The van der Waals surface area contributed by atoms with E-state index in [-0.39, 0.29) is 98.5 Å². The van der Waals surface area contributed by atoms with Gasteiger partial charge < -0.3 is 80.5 Å². The summed E-state index contributed by atoms with van der Waals surface area (Å²) in [4.78, 5) is 178. The highest BCUT2D eigenvalue weighted by Gasteiger charge is 2.23. The number of hydrogen-bond donors (Lipinski definition) is 8. The maximum Gasteiger partial charge on any atom is 0.328 e. The topological polar surface area (TPSA) is 510 Å². The van der Waals surface area contributed by atoms with Crippen LogP contribution in [0.3, 0.4) is 0 Å². The molecular weight excluding hydrogens is 1910 g/mol. The first kappa shape index (κ1) is 130. The van der Waals surface area contributed by atoms with E-state index >= 15 is 0 Å². The summed E-state index contributed by atoms with van der Waals surface area (Å²) in [6.45, 7) is 4.46. The molecule has 8 N–H and O–H groups in total. The molecule has 0 bridgehead atoms. The van der Waals surface area contributed by atoms with Crippen molar-refractivity contribution in [3.8, 4) is 47.7 Å². The number of carbonyl (C=O) groups excluding carboxylic acids is 14. The Labute approximate surface area is 864 Å².